The zero-order chi connectivity index (χ0) is 16.1. The van der Waals surface area contributed by atoms with Gasteiger partial charge in [0.2, 0.25) is 0 Å². The Hall–Kier alpha value is -2.14. The maximum atomic E-state index is 13.1. The molecule has 0 aliphatic heterocycles. The van der Waals surface area contributed by atoms with Gasteiger partial charge in [0.25, 0.3) is 5.91 Å². The molecule has 0 radical (unpaired) electrons. The highest BCUT2D eigenvalue weighted by Gasteiger charge is 2.16. The summed E-state index contributed by atoms with van der Waals surface area (Å²) in [7, 11) is 1.89. The van der Waals surface area contributed by atoms with Gasteiger partial charge in [0.1, 0.15) is 5.82 Å². The number of carbonyl (C=O) groups excluding carboxylic acids is 1. The first-order valence-corrected chi connectivity index (χ1v) is 7.42. The SMILES string of the molecule is CNCCCNC(=O)c1cc(C)n(-c2ccc(F)cc2)c1C. The van der Waals surface area contributed by atoms with Gasteiger partial charge in [-0.1, -0.05) is 0 Å². The number of halogens is 1. The molecule has 0 bridgehead atoms. The standard InChI is InChI=1S/C17H22FN3O/c1-12-11-16(17(22)20-10-4-9-19-3)13(2)21(12)15-7-5-14(18)6-8-15/h5-8,11,19H,4,9-10H2,1-3H3,(H,20,22). The number of aromatic nitrogens is 1. The molecule has 118 valence electrons. The van der Waals surface area contributed by atoms with E-state index in [1.54, 1.807) is 12.1 Å². The van der Waals surface area contributed by atoms with Crippen molar-refractivity contribution >= 4 is 5.91 Å². The minimum absolute atomic E-state index is 0.0717. The van der Waals surface area contributed by atoms with Crippen LogP contribution in [0.5, 0.6) is 0 Å². The molecule has 0 unspecified atom stereocenters. The van der Waals surface area contributed by atoms with Crippen LogP contribution in [-0.2, 0) is 0 Å². The summed E-state index contributed by atoms with van der Waals surface area (Å²) in [5.74, 6) is -0.341. The van der Waals surface area contributed by atoms with Crippen LogP contribution in [-0.4, -0.2) is 30.6 Å². The summed E-state index contributed by atoms with van der Waals surface area (Å²) in [5.41, 5.74) is 3.32. The molecular weight excluding hydrogens is 281 g/mol. The first-order valence-electron chi connectivity index (χ1n) is 7.42. The molecule has 0 spiro atoms. The zero-order valence-corrected chi connectivity index (χ0v) is 13.2. The van der Waals surface area contributed by atoms with Crippen molar-refractivity contribution in [3.8, 4) is 5.69 Å². The molecule has 0 atom stereocenters. The van der Waals surface area contributed by atoms with Crippen LogP contribution in [0.25, 0.3) is 5.69 Å². The number of carbonyl (C=O) groups is 1. The fourth-order valence-electron chi connectivity index (χ4n) is 2.54. The van der Waals surface area contributed by atoms with E-state index in [1.165, 1.54) is 12.1 Å². The third-order valence-corrected chi connectivity index (χ3v) is 3.65. The third kappa shape index (κ3) is 3.54. The van der Waals surface area contributed by atoms with Crippen molar-refractivity contribution in [2.24, 2.45) is 0 Å². The summed E-state index contributed by atoms with van der Waals surface area (Å²) >= 11 is 0. The smallest absolute Gasteiger partial charge is 0.253 e. The van der Waals surface area contributed by atoms with Gasteiger partial charge in [-0.25, -0.2) is 4.39 Å². The van der Waals surface area contributed by atoms with Crippen LogP contribution in [0.3, 0.4) is 0 Å². The molecular formula is C17H22FN3O. The summed E-state index contributed by atoms with van der Waals surface area (Å²) in [6.45, 7) is 5.35. The van der Waals surface area contributed by atoms with E-state index in [0.717, 1.165) is 30.0 Å². The Balaban J connectivity index is 2.19. The van der Waals surface area contributed by atoms with Crippen LogP contribution >= 0.6 is 0 Å². The van der Waals surface area contributed by atoms with E-state index in [2.05, 4.69) is 10.6 Å². The quantitative estimate of drug-likeness (QED) is 0.806. The minimum Gasteiger partial charge on any atom is -0.352 e. The number of nitrogens with zero attached hydrogens (tertiary/aromatic N) is 1. The van der Waals surface area contributed by atoms with Gasteiger partial charge < -0.3 is 15.2 Å². The van der Waals surface area contributed by atoms with E-state index in [-0.39, 0.29) is 11.7 Å². The van der Waals surface area contributed by atoms with Gasteiger partial charge in [-0.3, -0.25) is 4.79 Å². The molecule has 0 saturated carbocycles. The van der Waals surface area contributed by atoms with Gasteiger partial charge in [0.05, 0.1) is 5.56 Å². The van der Waals surface area contributed by atoms with Crippen LogP contribution in [0.2, 0.25) is 0 Å². The number of amides is 1. The number of nitrogens with one attached hydrogen (secondary N) is 2. The molecule has 0 saturated heterocycles. The number of benzene rings is 1. The number of aryl methyl sites for hydroxylation is 1. The fourth-order valence-corrected chi connectivity index (χ4v) is 2.54. The van der Waals surface area contributed by atoms with E-state index in [9.17, 15) is 9.18 Å². The normalized spacial score (nSPS) is 10.7. The van der Waals surface area contributed by atoms with Crippen molar-refractivity contribution in [2.45, 2.75) is 20.3 Å². The Kier molecular flexibility index (Phi) is 5.33. The Bertz CT molecular complexity index is 647. The molecule has 22 heavy (non-hydrogen) atoms. The van der Waals surface area contributed by atoms with Crippen molar-refractivity contribution in [1.82, 2.24) is 15.2 Å². The van der Waals surface area contributed by atoms with Gasteiger partial charge in [-0.05, 0) is 64.2 Å². The highest BCUT2D eigenvalue weighted by Crippen LogP contribution is 2.21. The van der Waals surface area contributed by atoms with Crippen LogP contribution in [0.15, 0.2) is 30.3 Å². The number of hydrogen-bond donors (Lipinski definition) is 2. The lowest BCUT2D eigenvalue weighted by Gasteiger charge is -2.10. The number of hydrogen-bond acceptors (Lipinski definition) is 2. The van der Waals surface area contributed by atoms with E-state index in [1.807, 2.05) is 31.5 Å². The predicted molar refractivity (Wildman–Crippen MR) is 86.1 cm³/mol. The van der Waals surface area contributed by atoms with E-state index in [4.69, 9.17) is 0 Å². The Labute approximate surface area is 130 Å². The summed E-state index contributed by atoms with van der Waals surface area (Å²) in [6.07, 6.45) is 0.888. The van der Waals surface area contributed by atoms with Gasteiger partial charge in [-0.15, -0.1) is 0 Å². The lowest BCUT2D eigenvalue weighted by molar-refractivity contribution is 0.0952. The highest BCUT2D eigenvalue weighted by molar-refractivity contribution is 5.95. The third-order valence-electron chi connectivity index (χ3n) is 3.65. The lowest BCUT2D eigenvalue weighted by atomic mass is 10.2. The van der Waals surface area contributed by atoms with Gasteiger partial charge in [0.15, 0.2) is 0 Å². The van der Waals surface area contributed by atoms with Crippen LogP contribution < -0.4 is 10.6 Å². The summed E-state index contributed by atoms with van der Waals surface area (Å²) in [4.78, 5) is 12.3. The van der Waals surface area contributed by atoms with Gasteiger partial charge in [0, 0.05) is 23.6 Å². The second kappa shape index (κ2) is 7.22. The molecule has 0 aliphatic rings. The van der Waals surface area contributed by atoms with Crippen molar-refractivity contribution in [1.29, 1.82) is 0 Å². The Morgan fingerprint density at radius 3 is 2.50 bits per heavy atom. The molecule has 0 aliphatic carbocycles. The van der Waals surface area contributed by atoms with Crippen molar-refractivity contribution in [3.05, 3.63) is 53.1 Å². The molecule has 4 nitrogen and oxygen atoms in total. The topological polar surface area (TPSA) is 46.1 Å². The Morgan fingerprint density at radius 2 is 1.86 bits per heavy atom. The first kappa shape index (κ1) is 16.2. The van der Waals surface area contributed by atoms with Crippen molar-refractivity contribution in [3.63, 3.8) is 0 Å². The van der Waals surface area contributed by atoms with Crippen LogP contribution in [0, 0.1) is 19.7 Å². The molecule has 1 aromatic heterocycles. The average Bonchev–Trinajstić information content (AvgIpc) is 2.80. The monoisotopic (exact) mass is 303 g/mol. The summed E-state index contributed by atoms with van der Waals surface area (Å²) in [6, 6.07) is 8.14. The lowest BCUT2D eigenvalue weighted by Crippen LogP contribution is -2.26. The summed E-state index contributed by atoms with van der Waals surface area (Å²) < 4.78 is 15.0. The second-order valence-electron chi connectivity index (χ2n) is 5.31. The molecule has 2 N–H and O–H groups in total. The fraction of sp³-hybridized carbons (Fsp3) is 0.353. The van der Waals surface area contributed by atoms with E-state index < -0.39 is 0 Å². The molecule has 5 heteroatoms. The number of rotatable bonds is 6. The molecule has 0 fully saturated rings. The zero-order valence-electron chi connectivity index (χ0n) is 13.2. The molecule has 2 aromatic rings. The predicted octanol–water partition coefficient (Wildman–Crippen LogP) is 2.57. The molecule has 1 aromatic carbocycles. The Morgan fingerprint density at radius 1 is 1.18 bits per heavy atom. The maximum absolute atomic E-state index is 13.1. The maximum Gasteiger partial charge on any atom is 0.253 e. The van der Waals surface area contributed by atoms with E-state index in [0.29, 0.717) is 12.1 Å². The van der Waals surface area contributed by atoms with Gasteiger partial charge in [-0.2, -0.15) is 0 Å². The largest absolute Gasteiger partial charge is 0.352 e. The average molecular weight is 303 g/mol. The van der Waals surface area contributed by atoms with Gasteiger partial charge >= 0.3 is 0 Å². The second-order valence-corrected chi connectivity index (χ2v) is 5.31. The van der Waals surface area contributed by atoms with Crippen molar-refractivity contribution < 1.29 is 9.18 Å². The first-order chi connectivity index (χ1) is 10.5. The molecule has 2 rings (SSSR count). The van der Waals surface area contributed by atoms with Crippen molar-refractivity contribution in [2.75, 3.05) is 20.1 Å². The minimum atomic E-state index is -0.270. The molecule has 1 amide bonds. The molecule has 1 heterocycles. The summed E-state index contributed by atoms with van der Waals surface area (Å²) in [5, 5.41) is 5.97. The van der Waals surface area contributed by atoms with E-state index >= 15 is 0 Å². The van der Waals surface area contributed by atoms with Crippen LogP contribution in [0.4, 0.5) is 4.39 Å². The van der Waals surface area contributed by atoms with Crippen LogP contribution in [0.1, 0.15) is 28.2 Å². The highest BCUT2D eigenvalue weighted by atomic mass is 19.1.